The molecule has 1 amide bonds. The summed E-state index contributed by atoms with van der Waals surface area (Å²) in [5.41, 5.74) is 0. The van der Waals surface area contributed by atoms with Gasteiger partial charge in [-0.1, -0.05) is 238 Å². The quantitative estimate of drug-likeness (QED) is 0.0199. The van der Waals surface area contributed by atoms with Gasteiger partial charge in [-0.3, -0.25) is 4.79 Å². The Labute approximate surface area is 569 Å². The molecule has 3 rings (SSSR count). The van der Waals surface area contributed by atoms with Gasteiger partial charge in [0.2, 0.25) is 5.91 Å². The third-order valence-electron chi connectivity index (χ3n) is 17.2. The first-order chi connectivity index (χ1) is 46.3. The summed E-state index contributed by atoms with van der Waals surface area (Å²) in [5, 5.41) is 121. The molecule has 95 heavy (non-hydrogen) atoms. The van der Waals surface area contributed by atoms with Crippen LogP contribution >= 0.6 is 0 Å². The van der Waals surface area contributed by atoms with E-state index in [-0.39, 0.29) is 18.9 Å². The molecule has 3 aliphatic rings. The molecule has 3 heterocycles. The second kappa shape index (κ2) is 56.0. The number of unbranched alkanes of at least 4 members (excludes halogenated alkanes) is 20. The molecule has 0 saturated carbocycles. The average molecular weight is 1340 g/mol. The number of allylic oxidation sites excluding steroid dienone is 19. The van der Waals surface area contributed by atoms with Crippen LogP contribution in [0.4, 0.5) is 0 Å². The van der Waals surface area contributed by atoms with Crippen molar-refractivity contribution in [2.45, 2.75) is 324 Å². The zero-order valence-electron chi connectivity index (χ0n) is 57.6. The molecule has 0 spiro atoms. The second-order valence-corrected chi connectivity index (χ2v) is 25.3. The monoisotopic (exact) mass is 1340 g/mol. The van der Waals surface area contributed by atoms with Crippen molar-refractivity contribution in [3.8, 4) is 0 Å². The molecule has 0 aromatic heterocycles. The smallest absolute Gasteiger partial charge is 0.220 e. The van der Waals surface area contributed by atoms with Gasteiger partial charge in [0.1, 0.15) is 73.2 Å². The topological polar surface area (TPSA) is 307 Å². The zero-order valence-corrected chi connectivity index (χ0v) is 57.6. The zero-order chi connectivity index (χ0) is 68.9. The molecular formula is C76H127NO18. The molecule has 19 nitrogen and oxygen atoms in total. The number of ether oxygens (including phenoxy) is 6. The Morgan fingerprint density at radius 1 is 0.389 bits per heavy atom. The van der Waals surface area contributed by atoms with Crippen molar-refractivity contribution >= 4 is 5.91 Å². The minimum atomic E-state index is -1.99. The lowest BCUT2D eigenvalue weighted by atomic mass is 9.96. The summed E-state index contributed by atoms with van der Waals surface area (Å²) in [5.74, 6) is -0.305. The minimum Gasteiger partial charge on any atom is -0.394 e. The molecule has 17 unspecified atom stereocenters. The Morgan fingerprint density at radius 2 is 0.737 bits per heavy atom. The van der Waals surface area contributed by atoms with Crippen molar-refractivity contribution < 1.29 is 89.4 Å². The van der Waals surface area contributed by atoms with Crippen molar-refractivity contribution in [2.75, 3.05) is 26.4 Å². The fourth-order valence-corrected chi connectivity index (χ4v) is 11.4. The summed E-state index contributed by atoms with van der Waals surface area (Å²) in [7, 11) is 0. The van der Waals surface area contributed by atoms with E-state index < -0.39 is 124 Å². The van der Waals surface area contributed by atoms with Gasteiger partial charge in [0.15, 0.2) is 18.9 Å². The summed E-state index contributed by atoms with van der Waals surface area (Å²) < 4.78 is 34.3. The highest BCUT2D eigenvalue weighted by molar-refractivity contribution is 5.76. The van der Waals surface area contributed by atoms with Crippen molar-refractivity contribution in [3.63, 3.8) is 0 Å². The lowest BCUT2D eigenvalue weighted by Gasteiger charge is -2.48. The summed E-state index contributed by atoms with van der Waals surface area (Å²) in [4.78, 5) is 13.4. The third kappa shape index (κ3) is 37.3. The molecular weight excluding hydrogens is 1210 g/mol. The molecule has 0 bridgehead atoms. The van der Waals surface area contributed by atoms with E-state index in [1.165, 1.54) is 77.0 Å². The Kier molecular flexibility index (Phi) is 50.3. The maximum absolute atomic E-state index is 13.4. The SMILES string of the molecule is CC/C=C\C/C=C\C/C=C\C/C=C\C/C=C\C/C=C\C/C=C\C/C=C\CCCCCCCCC(=O)NC(COC1OC(CO)C(OC2OC(CO)C(OC3OC(CO)C(O)C(O)C3O)C(O)C2O)C(O)C1O)C(O)/C=C/CC/C=C/CCCCCCCCCCCCCCC. The minimum absolute atomic E-state index is 0.210. The summed E-state index contributed by atoms with van der Waals surface area (Å²) >= 11 is 0. The van der Waals surface area contributed by atoms with E-state index in [9.17, 15) is 61.0 Å². The number of carbonyl (C=O) groups excluding carboxylic acids is 1. The molecule has 0 radical (unpaired) electrons. The van der Waals surface area contributed by atoms with E-state index in [0.29, 0.717) is 12.8 Å². The maximum Gasteiger partial charge on any atom is 0.220 e. The second-order valence-electron chi connectivity index (χ2n) is 25.3. The van der Waals surface area contributed by atoms with Crippen LogP contribution < -0.4 is 5.32 Å². The highest BCUT2D eigenvalue weighted by Crippen LogP contribution is 2.33. The number of carbonyl (C=O) groups is 1. The number of hydrogen-bond acceptors (Lipinski definition) is 18. The number of aliphatic hydroxyl groups excluding tert-OH is 11. The standard InChI is InChI=1S/C76H127NO18/c1-3-5-7-9-11-13-15-17-19-21-23-24-25-26-27-28-29-30-31-32-33-34-36-38-40-42-44-46-48-50-52-54-64(82)77-59(60(81)53-51-49-47-45-43-41-39-37-35-22-20-18-16-14-12-10-8-6-4-2)58-90-74-70(88)67(85)72(62(56-79)92-74)95-76-71(89)68(86)73(63(57-80)93-76)94-75-69(87)66(84)65(83)61(55-78)91-75/h5,7,11,13,17,19,23-24,26-27,29-30,32-33,36,38,43,45,51,53,59-63,65-76,78-81,83-89H,3-4,6,8-10,12,14-16,18,20-22,25,28,31,34-35,37,39-42,44,46-50,52,54-58H2,1-2H3,(H,77,82)/b7-5-,13-11-,19-17-,24-23-,27-26-,30-29-,33-32-,38-36-,45-43+,53-51+. The Balaban J connectivity index is 1.43. The van der Waals surface area contributed by atoms with Crippen LogP contribution in [0.5, 0.6) is 0 Å². The van der Waals surface area contributed by atoms with E-state index >= 15 is 0 Å². The van der Waals surface area contributed by atoms with Crippen LogP contribution in [0.25, 0.3) is 0 Å². The maximum atomic E-state index is 13.4. The van der Waals surface area contributed by atoms with E-state index in [1.807, 2.05) is 6.08 Å². The number of aliphatic hydroxyl groups is 11. The molecule has 0 aliphatic carbocycles. The van der Waals surface area contributed by atoms with Crippen molar-refractivity contribution in [1.82, 2.24) is 5.32 Å². The fraction of sp³-hybridized carbons (Fsp3) is 0.724. The van der Waals surface area contributed by atoms with Crippen molar-refractivity contribution in [3.05, 3.63) is 122 Å². The first kappa shape index (κ1) is 85.4. The highest BCUT2D eigenvalue weighted by atomic mass is 16.8. The molecule has 3 saturated heterocycles. The molecule has 3 aliphatic heterocycles. The van der Waals surface area contributed by atoms with Gasteiger partial charge in [-0.25, -0.2) is 0 Å². The Morgan fingerprint density at radius 3 is 1.18 bits per heavy atom. The largest absolute Gasteiger partial charge is 0.394 e. The van der Waals surface area contributed by atoms with E-state index in [0.717, 1.165) is 109 Å². The van der Waals surface area contributed by atoms with Gasteiger partial charge in [0, 0.05) is 6.42 Å². The van der Waals surface area contributed by atoms with Crippen LogP contribution in [0.15, 0.2) is 122 Å². The van der Waals surface area contributed by atoms with Gasteiger partial charge in [0.05, 0.1) is 38.6 Å². The molecule has 0 aromatic rings. The van der Waals surface area contributed by atoms with Crippen LogP contribution in [0.3, 0.4) is 0 Å². The number of rotatable bonds is 54. The van der Waals surface area contributed by atoms with Gasteiger partial charge >= 0.3 is 0 Å². The summed E-state index contributed by atoms with van der Waals surface area (Å²) in [6.07, 6.45) is 50.2. The summed E-state index contributed by atoms with van der Waals surface area (Å²) in [6.45, 7) is 1.58. The van der Waals surface area contributed by atoms with Crippen LogP contribution in [0.2, 0.25) is 0 Å². The predicted molar refractivity (Wildman–Crippen MR) is 373 cm³/mol. The fourth-order valence-electron chi connectivity index (χ4n) is 11.4. The Hall–Kier alpha value is -3.81. The lowest BCUT2D eigenvalue weighted by molar-refractivity contribution is -0.379. The van der Waals surface area contributed by atoms with Gasteiger partial charge in [-0.15, -0.1) is 0 Å². The average Bonchev–Trinajstić information content (AvgIpc) is 0.787. The molecule has 12 N–H and O–H groups in total. The normalized spacial score (nSPS) is 27.9. The highest BCUT2D eigenvalue weighted by Gasteiger charge is 2.53. The van der Waals surface area contributed by atoms with Gasteiger partial charge in [-0.2, -0.15) is 0 Å². The van der Waals surface area contributed by atoms with E-state index in [1.54, 1.807) is 6.08 Å². The number of hydrogen-bond donors (Lipinski definition) is 12. The first-order valence-electron chi connectivity index (χ1n) is 36.3. The van der Waals surface area contributed by atoms with Crippen LogP contribution in [0, 0.1) is 0 Å². The first-order valence-corrected chi connectivity index (χ1v) is 36.3. The van der Waals surface area contributed by atoms with E-state index in [2.05, 4.69) is 129 Å². The summed E-state index contributed by atoms with van der Waals surface area (Å²) in [6, 6.07) is -1.01. The van der Waals surface area contributed by atoms with Crippen molar-refractivity contribution in [1.29, 1.82) is 0 Å². The van der Waals surface area contributed by atoms with Gasteiger partial charge in [0.25, 0.3) is 0 Å². The predicted octanol–water partition coefficient (Wildman–Crippen LogP) is 10.4. The Bertz CT molecular complexity index is 2190. The van der Waals surface area contributed by atoms with E-state index in [4.69, 9.17) is 28.4 Å². The molecule has 19 heteroatoms. The van der Waals surface area contributed by atoms with Gasteiger partial charge in [-0.05, 0) is 96.3 Å². The number of amides is 1. The van der Waals surface area contributed by atoms with Gasteiger partial charge < -0.3 is 89.9 Å². The van der Waals surface area contributed by atoms with Crippen molar-refractivity contribution in [2.24, 2.45) is 0 Å². The molecule has 3 fully saturated rings. The molecule has 0 aromatic carbocycles. The molecule has 544 valence electrons. The van der Waals surface area contributed by atoms with Crippen LogP contribution in [0.1, 0.15) is 219 Å². The third-order valence-corrected chi connectivity index (χ3v) is 17.2. The lowest BCUT2D eigenvalue weighted by Crippen LogP contribution is -2.66. The van der Waals surface area contributed by atoms with Crippen LogP contribution in [-0.4, -0.2) is 193 Å². The number of nitrogens with one attached hydrogen (secondary N) is 1. The molecule has 17 atom stereocenters. The van der Waals surface area contributed by atoms with Crippen LogP contribution in [-0.2, 0) is 33.2 Å².